The maximum Gasteiger partial charge on any atom is 0.321 e. The number of halogens is 1. The average molecular weight is 579 g/mol. The van der Waals surface area contributed by atoms with E-state index in [-0.39, 0.29) is 11.2 Å². The summed E-state index contributed by atoms with van der Waals surface area (Å²) in [6.45, 7) is 12.2. The number of carboxylic acid groups (broad SMARTS) is 1. The monoisotopic (exact) mass is 578 g/mol. The van der Waals surface area contributed by atoms with Crippen molar-refractivity contribution in [2.24, 2.45) is 23.0 Å². The second-order valence-corrected chi connectivity index (χ2v) is 13.4. The second kappa shape index (κ2) is 14.6. The maximum absolute atomic E-state index is 13.8. The highest BCUT2D eigenvalue weighted by Crippen LogP contribution is 2.41. The van der Waals surface area contributed by atoms with Crippen molar-refractivity contribution < 1.29 is 14.3 Å². The minimum absolute atomic E-state index is 0.0940. The van der Waals surface area contributed by atoms with Gasteiger partial charge in [0.2, 0.25) is 0 Å². The molecule has 6 nitrogen and oxygen atoms in total. The first-order valence-corrected chi connectivity index (χ1v) is 15.8. The molecule has 1 aliphatic carbocycles. The number of rotatable bonds is 8. The molecule has 0 spiro atoms. The van der Waals surface area contributed by atoms with Gasteiger partial charge in [-0.15, -0.1) is 0 Å². The first-order valence-electron chi connectivity index (χ1n) is 15.8. The third-order valence-electron chi connectivity index (χ3n) is 9.25. The van der Waals surface area contributed by atoms with Crippen LogP contribution in [-0.4, -0.2) is 59.2 Å². The highest BCUT2D eigenvalue weighted by molar-refractivity contribution is 5.74. The molecular formula is C35H51FN4O2. The van der Waals surface area contributed by atoms with Crippen LogP contribution in [0.1, 0.15) is 76.8 Å². The van der Waals surface area contributed by atoms with Gasteiger partial charge in [-0.25, -0.2) is 9.82 Å². The summed E-state index contributed by atoms with van der Waals surface area (Å²) in [6, 6.07) is 17.8. The molecule has 7 heteroatoms. The van der Waals surface area contributed by atoms with Crippen LogP contribution in [0.5, 0.6) is 0 Å². The van der Waals surface area contributed by atoms with Crippen LogP contribution in [0.2, 0.25) is 0 Å². The van der Waals surface area contributed by atoms with E-state index in [0.717, 1.165) is 13.0 Å². The largest absolute Gasteiger partial charge is 0.480 e. The van der Waals surface area contributed by atoms with Crippen LogP contribution in [0, 0.1) is 23.1 Å². The predicted octanol–water partition coefficient (Wildman–Crippen LogP) is 6.20. The molecule has 3 aliphatic rings. The molecule has 0 aromatic heterocycles. The number of allylic oxidation sites excluding steroid dienone is 1. The van der Waals surface area contributed by atoms with E-state index in [1.807, 2.05) is 6.07 Å². The molecule has 2 heterocycles. The SMILES string of the molecule is CC(C)(C)C(N)C(=O)O.CCN1NC(Cc2ccccc2)C=C1C1CCN(CC2CCC[C@@H]2c2cccc(F)c2)CC1. The van der Waals surface area contributed by atoms with Crippen LogP contribution in [0.15, 0.2) is 66.4 Å². The van der Waals surface area contributed by atoms with Gasteiger partial charge in [-0.3, -0.25) is 4.79 Å². The fourth-order valence-electron chi connectivity index (χ4n) is 6.76. The van der Waals surface area contributed by atoms with E-state index in [0.29, 0.717) is 23.8 Å². The van der Waals surface area contributed by atoms with Crippen LogP contribution in [0.4, 0.5) is 4.39 Å². The fraction of sp³-hybridized carbons (Fsp3) is 0.571. The Bertz CT molecular complexity index is 1170. The lowest BCUT2D eigenvalue weighted by atomic mass is 9.87. The molecule has 0 amide bonds. The molecule has 2 fully saturated rings. The van der Waals surface area contributed by atoms with Crippen LogP contribution in [-0.2, 0) is 11.2 Å². The summed E-state index contributed by atoms with van der Waals surface area (Å²) in [4.78, 5) is 12.9. The van der Waals surface area contributed by atoms with Gasteiger partial charge in [0.05, 0.1) is 6.04 Å². The van der Waals surface area contributed by atoms with Gasteiger partial charge >= 0.3 is 5.97 Å². The summed E-state index contributed by atoms with van der Waals surface area (Å²) in [5, 5.41) is 10.8. The summed E-state index contributed by atoms with van der Waals surface area (Å²) in [7, 11) is 0. The third kappa shape index (κ3) is 8.65. The molecular weight excluding hydrogens is 527 g/mol. The number of benzene rings is 2. The molecule has 42 heavy (non-hydrogen) atoms. The van der Waals surface area contributed by atoms with Crippen molar-refractivity contribution in [3.8, 4) is 0 Å². The minimum Gasteiger partial charge on any atom is -0.480 e. The number of carbonyl (C=O) groups is 1. The van der Waals surface area contributed by atoms with Crippen LogP contribution in [0.25, 0.3) is 0 Å². The third-order valence-corrected chi connectivity index (χ3v) is 9.25. The molecule has 0 bridgehead atoms. The lowest BCUT2D eigenvalue weighted by molar-refractivity contribution is -0.141. The van der Waals surface area contributed by atoms with Crippen molar-refractivity contribution in [3.63, 3.8) is 0 Å². The van der Waals surface area contributed by atoms with Crippen LogP contribution >= 0.6 is 0 Å². The number of hydrogen-bond acceptors (Lipinski definition) is 5. The highest BCUT2D eigenvalue weighted by Gasteiger charge is 2.34. The molecule has 0 radical (unpaired) electrons. The van der Waals surface area contributed by atoms with Gasteiger partial charge in [-0.2, -0.15) is 0 Å². The Labute approximate surface area is 252 Å². The standard InChI is InChI=1S/C29H38FN3.C6H13NO2/c1-2-33-29(20-27(31-33)18-22-8-4-3-5-9-22)23-14-16-32(17-15-23)21-25-11-7-13-28(25)24-10-6-12-26(30)19-24;1-6(2,3)4(7)5(8)9/h3-6,8-10,12,19-20,23,25,27-28,31H,2,7,11,13-18,21H2,1H3;4H,7H2,1-3H3,(H,8,9)/t25?,27?,28-;/m1./s1. The number of nitrogens with two attached hydrogens (primary N) is 1. The number of nitrogens with zero attached hydrogens (tertiary/aromatic N) is 2. The number of likely N-dealkylation sites (tertiary alicyclic amines) is 1. The first-order chi connectivity index (χ1) is 20.0. The van der Waals surface area contributed by atoms with Crippen LogP contribution < -0.4 is 11.2 Å². The molecule has 2 aromatic carbocycles. The number of nitrogens with one attached hydrogen (secondary N) is 1. The lowest BCUT2D eigenvalue weighted by Gasteiger charge is -2.37. The summed E-state index contributed by atoms with van der Waals surface area (Å²) < 4.78 is 13.8. The Morgan fingerprint density at radius 1 is 1.07 bits per heavy atom. The average Bonchev–Trinajstić information content (AvgIpc) is 3.60. The quantitative estimate of drug-likeness (QED) is 0.346. The number of carboxylic acids is 1. The zero-order chi connectivity index (χ0) is 30.3. The molecule has 2 aromatic rings. The molecule has 1 saturated heterocycles. The molecule has 5 rings (SSSR count). The van der Waals surface area contributed by atoms with Gasteiger partial charge in [0.25, 0.3) is 0 Å². The lowest BCUT2D eigenvalue weighted by Crippen LogP contribution is -2.42. The fourth-order valence-corrected chi connectivity index (χ4v) is 6.76. The summed E-state index contributed by atoms with van der Waals surface area (Å²) in [5.41, 5.74) is 12.8. The van der Waals surface area contributed by atoms with E-state index in [2.05, 4.69) is 64.7 Å². The van der Waals surface area contributed by atoms with Gasteiger partial charge in [-0.1, -0.05) is 69.7 Å². The van der Waals surface area contributed by atoms with Crippen molar-refractivity contribution in [1.82, 2.24) is 15.3 Å². The van der Waals surface area contributed by atoms with E-state index in [1.165, 1.54) is 68.6 Å². The van der Waals surface area contributed by atoms with Gasteiger partial charge in [-0.05, 0) is 98.7 Å². The van der Waals surface area contributed by atoms with E-state index in [9.17, 15) is 9.18 Å². The van der Waals surface area contributed by atoms with E-state index in [1.54, 1.807) is 32.9 Å². The van der Waals surface area contributed by atoms with Crippen molar-refractivity contribution >= 4 is 5.97 Å². The van der Waals surface area contributed by atoms with E-state index >= 15 is 0 Å². The highest BCUT2D eigenvalue weighted by atomic mass is 19.1. The van der Waals surface area contributed by atoms with Gasteiger partial charge in [0, 0.05) is 24.7 Å². The van der Waals surface area contributed by atoms with E-state index in [4.69, 9.17) is 10.8 Å². The Morgan fingerprint density at radius 2 is 1.79 bits per heavy atom. The zero-order valence-electron chi connectivity index (χ0n) is 25.9. The number of hydrogen-bond donors (Lipinski definition) is 3. The normalized spacial score (nSPS) is 24.2. The zero-order valence-corrected chi connectivity index (χ0v) is 25.9. The summed E-state index contributed by atoms with van der Waals surface area (Å²) in [6.07, 6.45) is 9.77. The Kier molecular flexibility index (Phi) is 11.2. The second-order valence-electron chi connectivity index (χ2n) is 13.4. The van der Waals surface area contributed by atoms with Crippen molar-refractivity contribution in [2.75, 3.05) is 26.2 Å². The van der Waals surface area contributed by atoms with Gasteiger partial charge in [0.15, 0.2) is 0 Å². The Hall–Kier alpha value is -2.74. The Morgan fingerprint density at radius 3 is 2.38 bits per heavy atom. The number of piperidine rings is 1. The van der Waals surface area contributed by atoms with E-state index < -0.39 is 12.0 Å². The van der Waals surface area contributed by atoms with Crippen molar-refractivity contribution in [2.45, 2.75) is 84.2 Å². The first kappa shape index (κ1) is 32.2. The van der Waals surface area contributed by atoms with Crippen molar-refractivity contribution in [3.05, 3.63) is 83.3 Å². The van der Waals surface area contributed by atoms with Gasteiger partial charge in [0.1, 0.15) is 11.9 Å². The molecule has 1 saturated carbocycles. The molecule has 2 aliphatic heterocycles. The number of hydrazine groups is 1. The maximum atomic E-state index is 13.8. The molecule has 230 valence electrons. The molecule has 3 unspecified atom stereocenters. The van der Waals surface area contributed by atoms with Gasteiger partial charge < -0.3 is 20.7 Å². The summed E-state index contributed by atoms with van der Waals surface area (Å²) in [5.74, 6) is 0.802. The Balaban J connectivity index is 0.000000392. The predicted molar refractivity (Wildman–Crippen MR) is 168 cm³/mol. The number of aliphatic carboxylic acids is 1. The topological polar surface area (TPSA) is 81.8 Å². The molecule has 4 N–H and O–H groups in total. The summed E-state index contributed by atoms with van der Waals surface area (Å²) >= 11 is 0. The smallest absolute Gasteiger partial charge is 0.321 e. The molecule has 4 atom stereocenters. The minimum atomic E-state index is -0.942. The van der Waals surface area contributed by atoms with Crippen molar-refractivity contribution in [1.29, 1.82) is 0 Å². The van der Waals surface area contributed by atoms with Crippen LogP contribution in [0.3, 0.4) is 0 Å².